The number of benzene rings is 2. The Labute approximate surface area is 286 Å². The lowest BCUT2D eigenvalue weighted by molar-refractivity contribution is 0.122. The van der Waals surface area contributed by atoms with E-state index in [0.29, 0.717) is 70.1 Å². The molecule has 2 aromatic carbocycles. The van der Waals surface area contributed by atoms with E-state index in [1.54, 1.807) is 6.07 Å². The molecule has 2 aliphatic rings. The molecule has 264 valence electrons. The van der Waals surface area contributed by atoms with Crippen molar-refractivity contribution in [3.05, 3.63) is 58.9 Å². The molecule has 0 bridgehead atoms. The van der Waals surface area contributed by atoms with Crippen LogP contribution in [0.3, 0.4) is 0 Å². The minimum absolute atomic E-state index is 0.00270. The number of anilines is 6. The van der Waals surface area contributed by atoms with Gasteiger partial charge >= 0.3 is 0 Å². The second-order valence-electron chi connectivity index (χ2n) is 11.1. The van der Waals surface area contributed by atoms with Crippen molar-refractivity contribution >= 4 is 67.8 Å². The van der Waals surface area contributed by atoms with Crippen LogP contribution in [0.1, 0.15) is 22.5 Å². The van der Waals surface area contributed by atoms with Crippen LogP contribution in [0.2, 0.25) is 0 Å². The van der Waals surface area contributed by atoms with Crippen LogP contribution in [0.15, 0.2) is 46.2 Å². The van der Waals surface area contributed by atoms with E-state index in [4.69, 9.17) is 20.9 Å². The zero-order valence-corrected chi connectivity index (χ0v) is 28.0. The molecule has 0 unspecified atom stereocenters. The molecule has 2 saturated heterocycles. The summed E-state index contributed by atoms with van der Waals surface area (Å²) < 4.78 is 80.6. The number of nitrogens with zero attached hydrogens (tertiary/aromatic N) is 8. The SMILES string of the molecule is Nc1nc(Cc2ccc(/C=C/c3ccc(Nc4nc(N)nc(N5CCOCC5)n4)cc3S(=O)(=O)O)c(S(=O)(=O)O)c2)nc(N2CCOCC2)n1. The standard InChI is InChI=1S/C29H33N11O8S2/c30-25-33-24(34-28(36-25)39-7-11-47-12-8-39)16-18-1-2-19(22(15-18)49(41,42)43)3-4-20-5-6-21(17-23(20)50(44,45)46)32-27-35-26(31)37-29(38-27)40-9-13-48-14-10-40/h1-6,15,17H,7-14,16H2,(H,41,42,43)(H,44,45,46)(H2,30,33,34,36)(H3,31,32,35,37,38)/b4-3+. The van der Waals surface area contributed by atoms with E-state index in [0.717, 1.165) is 6.07 Å². The molecular weight excluding hydrogens is 695 g/mol. The van der Waals surface area contributed by atoms with Gasteiger partial charge in [-0.05, 0) is 34.9 Å². The average Bonchev–Trinajstić information content (AvgIpc) is 3.07. The van der Waals surface area contributed by atoms with E-state index >= 15 is 0 Å². The highest BCUT2D eigenvalue weighted by Gasteiger charge is 2.21. The van der Waals surface area contributed by atoms with Crippen LogP contribution in [0.4, 0.5) is 35.4 Å². The quantitative estimate of drug-likeness (QED) is 0.112. The van der Waals surface area contributed by atoms with E-state index < -0.39 is 30.0 Å². The van der Waals surface area contributed by atoms with Crippen molar-refractivity contribution in [1.82, 2.24) is 29.9 Å². The Hall–Kier alpha value is -5.06. The summed E-state index contributed by atoms with van der Waals surface area (Å²) in [6, 6.07) is 8.33. The lowest BCUT2D eigenvalue weighted by atomic mass is 10.1. The molecule has 19 nitrogen and oxygen atoms in total. The molecule has 2 aromatic heterocycles. The molecule has 0 spiro atoms. The first kappa shape index (κ1) is 34.8. The highest BCUT2D eigenvalue weighted by Crippen LogP contribution is 2.27. The molecule has 2 fully saturated rings. The van der Waals surface area contributed by atoms with Gasteiger partial charge in [0.1, 0.15) is 15.6 Å². The minimum atomic E-state index is -4.78. The van der Waals surface area contributed by atoms with Gasteiger partial charge in [0.15, 0.2) is 0 Å². The van der Waals surface area contributed by atoms with E-state index in [1.807, 2.05) is 9.80 Å². The number of hydrogen-bond donors (Lipinski definition) is 5. The predicted molar refractivity (Wildman–Crippen MR) is 182 cm³/mol. The van der Waals surface area contributed by atoms with Crippen LogP contribution in [0.5, 0.6) is 0 Å². The maximum absolute atomic E-state index is 12.4. The maximum Gasteiger partial charge on any atom is 0.295 e. The fraction of sp³-hybridized carbons (Fsp3) is 0.310. The summed E-state index contributed by atoms with van der Waals surface area (Å²) in [5.41, 5.74) is 12.5. The van der Waals surface area contributed by atoms with Crippen molar-refractivity contribution in [3.8, 4) is 0 Å². The fourth-order valence-corrected chi connectivity index (χ4v) is 6.71. The second kappa shape index (κ2) is 14.4. The smallest absolute Gasteiger partial charge is 0.295 e. The number of nitrogen functional groups attached to an aromatic ring is 2. The van der Waals surface area contributed by atoms with Gasteiger partial charge in [-0.3, -0.25) is 9.11 Å². The summed E-state index contributed by atoms with van der Waals surface area (Å²) in [6.45, 7) is 4.22. The van der Waals surface area contributed by atoms with Gasteiger partial charge in [-0.2, -0.15) is 46.7 Å². The second-order valence-corrected chi connectivity index (χ2v) is 13.9. The van der Waals surface area contributed by atoms with Gasteiger partial charge in [0, 0.05) is 38.3 Å². The van der Waals surface area contributed by atoms with Crippen molar-refractivity contribution in [2.45, 2.75) is 16.2 Å². The first-order chi connectivity index (χ1) is 23.8. The van der Waals surface area contributed by atoms with Crippen LogP contribution in [0, 0.1) is 0 Å². The van der Waals surface area contributed by atoms with Crippen molar-refractivity contribution in [3.63, 3.8) is 0 Å². The molecule has 0 aliphatic carbocycles. The van der Waals surface area contributed by atoms with Crippen LogP contribution >= 0.6 is 0 Å². The molecule has 2 aliphatic heterocycles. The van der Waals surface area contributed by atoms with Crippen molar-refractivity contribution in [2.75, 3.05) is 79.2 Å². The van der Waals surface area contributed by atoms with Gasteiger partial charge in [0.2, 0.25) is 29.7 Å². The van der Waals surface area contributed by atoms with Crippen LogP contribution in [-0.2, 0) is 36.1 Å². The van der Waals surface area contributed by atoms with E-state index in [1.165, 1.54) is 36.4 Å². The number of hydrogen-bond acceptors (Lipinski definition) is 17. The molecule has 0 atom stereocenters. The maximum atomic E-state index is 12.4. The number of rotatable bonds is 10. The van der Waals surface area contributed by atoms with Gasteiger partial charge in [0.05, 0.1) is 26.4 Å². The highest BCUT2D eigenvalue weighted by molar-refractivity contribution is 7.86. The van der Waals surface area contributed by atoms with E-state index in [2.05, 4.69) is 35.2 Å². The molecule has 21 heteroatoms. The van der Waals surface area contributed by atoms with Gasteiger partial charge in [-0.15, -0.1) is 0 Å². The first-order valence-corrected chi connectivity index (χ1v) is 18.0. The zero-order valence-electron chi connectivity index (χ0n) is 26.4. The number of morpholine rings is 2. The number of ether oxygens (including phenoxy) is 2. The van der Waals surface area contributed by atoms with Crippen molar-refractivity contribution < 1.29 is 35.4 Å². The monoisotopic (exact) mass is 727 g/mol. The Morgan fingerprint density at radius 1 is 0.700 bits per heavy atom. The molecule has 50 heavy (non-hydrogen) atoms. The van der Waals surface area contributed by atoms with Crippen molar-refractivity contribution in [2.24, 2.45) is 0 Å². The molecule has 0 saturated carbocycles. The molecule has 0 radical (unpaired) electrons. The topological polar surface area (TPSA) is 275 Å². The minimum Gasteiger partial charge on any atom is -0.378 e. The molecular formula is C29H33N11O8S2. The average molecular weight is 728 g/mol. The Morgan fingerprint density at radius 2 is 1.22 bits per heavy atom. The van der Waals surface area contributed by atoms with Crippen molar-refractivity contribution in [1.29, 1.82) is 0 Å². The Bertz CT molecular complexity index is 1990. The largest absolute Gasteiger partial charge is 0.378 e. The number of nitrogens with two attached hydrogens (primary N) is 2. The summed E-state index contributed by atoms with van der Waals surface area (Å²) in [7, 11) is -9.53. The molecule has 4 aromatic rings. The normalized spacial score (nSPS) is 15.8. The summed E-state index contributed by atoms with van der Waals surface area (Å²) in [6.07, 6.45) is 2.65. The fourth-order valence-electron chi connectivity index (χ4n) is 5.26. The number of aromatic nitrogens is 6. The van der Waals surface area contributed by atoms with Crippen LogP contribution in [0.25, 0.3) is 12.2 Å². The molecule has 7 N–H and O–H groups in total. The Morgan fingerprint density at radius 3 is 1.80 bits per heavy atom. The number of nitrogens with one attached hydrogen (secondary N) is 1. The predicted octanol–water partition coefficient (Wildman–Crippen LogP) is 0.892. The third kappa shape index (κ3) is 8.56. The summed E-state index contributed by atoms with van der Waals surface area (Å²) >= 11 is 0. The molecule has 4 heterocycles. The zero-order chi connectivity index (χ0) is 35.5. The van der Waals surface area contributed by atoms with Crippen LogP contribution < -0.4 is 26.6 Å². The third-order valence-corrected chi connectivity index (χ3v) is 9.44. The van der Waals surface area contributed by atoms with Gasteiger partial charge < -0.3 is 36.1 Å². The van der Waals surface area contributed by atoms with E-state index in [-0.39, 0.29) is 46.9 Å². The highest BCUT2D eigenvalue weighted by atomic mass is 32.2. The third-order valence-electron chi connectivity index (χ3n) is 7.62. The summed E-state index contributed by atoms with van der Waals surface area (Å²) in [5.74, 6) is 0.947. The van der Waals surface area contributed by atoms with Gasteiger partial charge in [0.25, 0.3) is 20.2 Å². The summed E-state index contributed by atoms with van der Waals surface area (Å²) in [5, 5.41) is 2.88. The Kier molecular flexibility index (Phi) is 10.0. The Balaban J connectivity index is 1.26. The van der Waals surface area contributed by atoms with E-state index in [9.17, 15) is 25.9 Å². The van der Waals surface area contributed by atoms with Gasteiger partial charge in [-0.25, -0.2) is 0 Å². The molecule has 0 amide bonds. The summed E-state index contributed by atoms with van der Waals surface area (Å²) in [4.78, 5) is 28.2. The van der Waals surface area contributed by atoms with Gasteiger partial charge in [-0.1, -0.05) is 30.4 Å². The van der Waals surface area contributed by atoms with Crippen LogP contribution in [-0.4, -0.2) is 108 Å². The lowest BCUT2D eigenvalue weighted by Crippen LogP contribution is -2.37. The molecule has 6 rings (SSSR count). The first-order valence-electron chi connectivity index (χ1n) is 15.2. The lowest BCUT2D eigenvalue weighted by Gasteiger charge is -2.26.